The average molecular weight is 360 g/mol. The SMILES string of the molecule is CCCCc1ccc(-c2ccc(C3(C#N)CCC(CCC)CC3)cc2)cc1. The second-order valence-corrected chi connectivity index (χ2v) is 8.30. The number of rotatable bonds is 7. The van der Waals surface area contributed by atoms with Gasteiger partial charge in [-0.3, -0.25) is 0 Å². The van der Waals surface area contributed by atoms with Crippen molar-refractivity contribution in [2.24, 2.45) is 5.92 Å². The van der Waals surface area contributed by atoms with Gasteiger partial charge in [-0.15, -0.1) is 0 Å². The number of unbranched alkanes of at least 4 members (excludes halogenated alkanes) is 1. The van der Waals surface area contributed by atoms with Crippen LogP contribution in [0.3, 0.4) is 0 Å². The van der Waals surface area contributed by atoms with E-state index in [2.05, 4.69) is 68.4 Å². The van der Waals surface area contributed by atoms with Gasteiger partial charge in [0.05, 0.1) is 11.5 Å². The molecule has 0 aliphatic heterocycles. The van der Waals surface area contributed by atoms with Crippen LogP contribution < -0.4 is 0 Å². The van der Waals surface area contributed by atoms with Crippen LogP contribution in [0.15, 0.2) is 48.5 Å². The lowest BCUT2D eigenvalue weighted by Gasteiger charge is -2.35. The Balaban J connectivity index is 1.72. The standard InChI is InChI=1S/C26H33N/c1-3-5-7-22-8-10-23(11-9-22)24-12-14-25(15-13-24)26(20-27)18-16-21(6-4-2)17-19-26/h8-15,21H,3-7,16-19H2,1-2H3. The highest BCUT2D eigenvalue weighted by molar-refractivity contribution is 5.64. The van der Waals surface area contributed by atoms with E-state index in [1.165, 1.54) is 67.2 Å². The molecule has 1 aliphatic carbocycles. The molecule has 1 aliphatic rings. The summed E-state index contributed by atoms with van der Waals surface area (Å²) < 4.78 is 0. The summed E-state index contributed by atoms with van der Waals surface area (Å²) in [5.41, 5.74) is 4.87. The summed E-state index contributed by atoms with van der Waals surface area (Å²) in [6, 6.07) is 20.5. The van der Waals surface area contributed by atoms with Crippen molar-refractivity contribution >= 4 is 0 Å². The van der Waals surface area contributed by atoms with Crippen LogP contribution in [0.5, 0.6) is 0 Å². The topological polar surface area (TPSA) is 23.8 Å². The zero-order valence-corrected chi connectivity index (χ0v) is 17.0. The van der Waals surface area contributed by atoms with Gasteiger partial charge in [-0.05, 0) is 66.7 Å². The number of hydrogen-bond donors (Lipinski definition) is 0. The Kier molecular flexibility index (Phi) is 6.73. The van der Waals surface area contributed by atoms with Gasteiger partial charge in [0.1, 0.15) is 0 Å². The fraction of sp³-hybridized carbons (Fsp3) is 0.500. The fourth-order valence-corrected chi connectivity index (χ4v) is 4.56. The van der Waals surface area contributed by atoms with Gasteiger partial charge in [0.2, 0.25) is 0 Å². The molecule has 0 saturated heterocycles. The van der Waals surface area contributed by atoms with Gasteiger partial charge in [-0.2, -0.15) is 5.26 Å². The molecule has 3 rings (SSSR count). The van der Waals surface area contributed by atoms with E-state index in [1.54, 1.807) is 0 Å². The summed E-state index contributed by atoms with van der Waals surface area (Å²) >= 11 is 0. The number of hydrogen-bond acceptors (Lipinski definition) is 1. The maximum atomic E-state index is 9.95. The minimum atomic E-state index is -0.271. The van der Waals surface area contributed by atoms with E-state index in [4.69, 9.17) is 0 Å². The Morgan fingerprint density at radius 3 is 2.00 bits per heavy atom. The fourth-order valence-electron chi connectivity index (χ4n) is 4.56. The Labute approximate surface area is 165 Å². The van der Waals surface area contributed by atoms with Crippen molar-refractivity contribution < 1.29 is 0 Å². The predicted octanol–water partition coefficient (Wildman–Crippen LogP) is 7.45. The van der Waals surface area contributed by atoms with E-state index in [9.17, 15) is 5.26 Å². The molecule has 1 heteroatoms. The summed E-state index contributed by atoms with van der Waals surface area (Å²) in [4.78, 5) is 0. The summed E-state index contributed by atoms with van der Waals surface area (Å²) in [7, 11) is 0. The van der Waals surface area contributed by atoms with E-state index in [0.29, 0.717) is 0 Å². The molecule has 0 spiro atoms. The van der Waals surface area contributed by atoms with Crippen LogP contribution in [0.2, 0.25) is 0 Å². The minimum absolute atomic E-state index is 0.271. The van der Waals surface area contributed by atoms with E-state index in [-0.39, 0.29) is 5.41 Å². The largest absolute Gasteiger partial charge is 0.197 e. The number of nitriles is 1. The van der Waals surface area contributed by atoms with Crippen LogP contribution in [-0.2, 0) is 11.8 Å². The third kappa shape index (κ3) is 4.62. The first-order valence-electron chi connectivity index (χ1n) is 10.8. The van der Waals surface area contributed by atoms with Crippen molar-refractivity contribution in [1.82, 2.24) is 0 Å². The first-order valence-corrected chi connectivity index (χ1v) is 10.8. The van der Waals surface area contributed by atoms with Gasteiger partial charge in [-0.1, -0.05) is 81.6 Å². The highest BCUT2D eigenvalue weighted by Crippen LogP contribution is 2.42. The molecular weight excluding hydrogens is 326 g/mol. The van der Waals surface area contributed by atoms with Crippen molar-refractivity contribution in [3.05, 3.63) is 59.7 Å². The average Bonchev–Trinajstić information content (AvgIpc) is 2.74. The summed E-state index contributed by atoms with van der Waals surface area (Å²) in [6.45, 7) is 4.50. The first kappa shape index (κ1) is 19.7. The van der Waals surface area contributed by atoms with Crippen molar-refractivity contribution in [2.45, 2.75) is 77.0 Å². The predicted molar refractivity (Wildman–Crippen MR) is 115 cm³/mol. The molecule has 2 aromatic rings. The second-order valence-electron chi connectivity index (χ2n) is 8.30. The van der Waals surface area contributed by atoms with Gasteiger partial charge >= 0.3 is 0 Å². The molecule has 0 aromatic heterocycles. The van der Waals surface area contributed by atoms with Crippen molar-refractivity contribution in [2.75, 3.05) is 0 Å². The highest BCUT2D eigenvalue weighted by Gasteiger charge is 2.36. The van der Waals surface area contributed by atoms with Crippen LogP contribution in [-0.4, -0.2) is 0 Å². The Morgan fingerprint density at radius 2 is 1.48 bits per heavy atom. The molecule has 2 aromatic carbocycles. The third-order valence-electron chi connectivity index (χ3n) is 6.41. The van der Waals surface area contributed by atoms with E-state index in [0.717, 1.165) is 18.8 Å². The van der Waals surface area contributed by atoms with Gasteiger partial charge in [0.25, 0.3) is 0 Å². The van der Waals surface area contributed by atoms with E-state index >= 15 is 0 Å². The van der Waals surface area contributed by atoms with Crippen LogP contribution in [0.1, 0.15) is 76.3 Å². The zero-order chi connectivity index (χ0) is 19.1. The molecule has 0 amide bonds. The van der Waals surface area contributed by atoms with Gasteiger partial charge in [0.15, 0.2) is 0 Å². The first-order chi connectivity index (χ1) is 13.2. The van der Waals surface area contributed by atoms with Crippen LogP contribution in [0, 0.1) is 17.2 Å². The molecule has 1 saturated carbocycles. The lowest BCUT2D eigenvalue weighted by molar-refractivity contribution is 0.265. The molecule has 1 fully saturated rings. The highest BCUT2D eigenvalue weighted by atomic mass is 14.4. The minimum Gasteiger partial charge on any atom is -0.197 e. The van der Waals surface area contributed by atoms with Gasteiger partial charge in [0, 0.05) is 0 Å². The molecule has 1 nitrogen and oxygen atoms in total. The molecule has 0 radical (unpaired) electrons. The molecule has 0 N–H and O–H groups in total. The smallest absolute Gasteiger partial charge is 0.0822 e. The van der Waals surface area contributed by atoms with Gasteiger partial charge < -0.3 is 0 Å². The van der Waals surface area contributed by atoms with Crippen molar-refractivity contribution in [1.29, 1.82) is 5.26 Å². The Hall–Kier alpha value is -2.07. The summed E-state index contributed by atoms with van der Waals surface area (Å²) in [6.07, 6.45) is 10.7. The number of aryl methyl sites for hydroxylation is 1. The zero-order valence-electron chi connectivity index (χ0n) is 17.0. The van der Waals surface area contributed by atoms with Gasteiger partial charge in [-0.25, -0.2) is 0 Å². The quantitative estimate of drug-likeness (QED) is 0.503. The lowest BCUT2D eigenvalue weighted by atomic mass is 9.67. The summed E-state index contributed by atoms with van der Waals surface area (Å²) in [5, 5.41) is 9.95. The molecular formula is C26H33N. The molecule has 0 bridgehead atoms. The lowest BCUT2D eigenvalue weighted by Crippen LogP contribution is -2.30. The molecule has 142 valence electrons. The van der Waals surface area contributed by atoms with Crippen molar-refractivity contribution in [3.63, 3.8) is 0 Å². The normalized spacial score (nSPS) is 22.3. The third-order valence-corrected chi connectivity index (χ3v) is 6.41. The van der Waals surface area contributed by atoms with Crippen LogP contribution in [0.4, 0.5) is 0 Å². The molecule has 0 atom stereocenters. The Bertz CT molecular complexity index is 740. The monoisotopic (exact) mass is 359 g/mol. The van der Waals surface area contributed by atoms with Crippen LogP contribution in [0.25, 0.3) is 11.1 Å². The molecule has 0 unspecified atom stereocenters. The maximum absolute atomic E-state index is 9.95. The maximum Gasteiger partial charge on any atom is 0.0822 e. The molecule has 27 heavy (non-hydrogen) atoms. The summed E-state index contributed by atoms with van der Waals surface area (Å²) in [5.74, 6) is 0.821. The number of nitrogens with zero attached hydrogens (tertiary/aromatic N) is 1. The second kappa shape index (κ2) is 9.23. The molecule has 0 heterocycles. The Morgan fingerprint density at radius 1 is 0.889 bits per heavy atom. The van der Waals surface area contributed by atoms with Crippen LogP contribution >= 0.6 is 0 Å². The van der Waals surface area contributed by atoms with E-state index in [1.807, 2.05) is 0 Å². The number of benzene rings is 2. The van der Waals surface area contributed by atoms with E-state index < -0.39 is 0 Å². The van der Waals surface area contributed by atoms with Crippen molar-refractivity contribution in [3.8, 4) is 17.2 Å².